The number of ether oxygens (including phenoxy) is 1. The van der Waals surface area contributed by atoms with Crippen molar-refractivity contribution in [1.29, 1.82) is 0 Å². The molecular formula is C15H13F2NO3. The highest BCUT2D eigenvalue weighted by Crippen LogP contribution is 2.22. The van der Waals surface area contributed by atoms with Crippen molar-refractivity contribution in [3.8, 4) is 5.75 Å². The fraction of sp³-hybridized carbons (Fsp3) is 0.133. The average Bonchev–Trinajstić information content (AvgIpc) is 2.48. The second-order valence-electron chi connectivity index (χ2n) is 4.31. The second kappa shape index (κ2) is 6.21. The van der Waals surface area contributed by atoms with Gasteiger partial charge in [0.25, 0.3) is 0 Å². The molecule has 0 saturated heterocycles. The topological polar surface area (TPSA) is 58.6 Å². The molecule has 0 aliphatic heterocycles. The zero-order chi connectivity index (χ0) is 15.4. The Hall–Kier alpha value is -2.63. The Morgan fingerprint density at radius 3 is 2.57 bits per heavy atom. The summed E-state index contributed by atoms with van der Waals surface area (Å²) in [6.07, 6.45) is 0. The number of rotatable bonds is 4. The van der Waals surface area contributed by atoms with Crippen molar-refractivity contribution in [2.24, 2.45) is 0 Å². The van der Waals surface area contributed by atoms with E-state index in [1.54, 1.807) is 0 Å². The molecule has 110 valence electrons. The summed E-state index contributed by atoms with van der Waals surface area (Å²) in [7, 11) is 1.19. The van der Waals surface area contributed by atoms with Crippen LogP contribution in [0.25, 0.3) is 0 Å². The van der Waals surface area contributed by atoms with Gasteiger partial charge in [0.1, 0.15) is 17.4 Å². The predicted octanol–water partition coefficient (Wildman–Crippen LogP) is 3.07. The second-order valence-corrected chi connectivity index (χ2v) is 4.31. The molecule has 2 rings (SSSR count). The molecule has 0 aliphatic rings. The highest BCUT2D eigenvalue weighted by Gasteiger charge is 2.13. The molecule has 2 aromatic rings. The van der Waals surface area contributed by atoms with Crippen LogP contribution in [0.1, 0.15) is 15.9 Å². The van der Waals surface area contributed by atoms with E-state index in [2.05, 4.69) is 10.1 Å². The van der Waals surface area contributed by atoms with Crippen molar-refractivity contribution >= 4 is 11.7 Å². The number of phenolic OH excluding ortho intramolecular Hbond substituents is 1. The lowest BCUT2D eigenvalue weighted by Gasteiger charge is -2.12. The SMILES string of the molecule is COC(=O)c1cc(F)ccc1NCc1cc(F)ccc1O. The van der Waals surface area contributed by atoms with E-state index in [0.29, 0.717) is 11.3 Å². The maximum atomic E-state index is 13.2. The van der Waals surface area contributed by atoms with Gasteiger partial charge in [-0.1, -0.05) is 0 Å². The van der Waals surface area contributed by atoms with E-state index < -0.39 is 17.6 Å². The number of carbonyl (C=O) groups excluding carboxylic acids is 1. The maximum absolute atomic E-state index is 13.2. The third-order valence-electron chi connectivity index (χ3n) is 2.90. The standard InChI is InChI=1S/C15H13F2NO3/c1-21-15(20)12-7-11(17)2-4-13(12)18-8-9-6-10(16)3-5-14(9)19/h2-7,18-19H,8H2,1H3. The average molecular weight is 293 g/mol. The molecule has 0 spiro atoms. The molecule has 21 heavy (non-hydrogen) atoms. The highest BCUT2D eigenvalue weighted by atomic mass is 19.1. The number of nitrogens with one attached hydrogen (secondary N) is 1. The first-order valence-electron chi connectivity index (χ1n) is 6.10. The number of hydrogen-bond donors (Lipinski definition) is 2. The Balaban J connectivity index is 2.24. The van der Waals surface area contributed by atoms with Gasteiger partial charge in [-0.2, -0.15) is 0 Å². The van der Waals surface area contributed by atoms with E-state index in [1.165, 1.54) is 31.4 Å². The van der Waals surface area contributed by atoms with Crippen LogP contribution < -0.4 is 5.32 Å². The van der Waals surface area contributed by atoms with Gasteiger partial charge in [-0.25, -0.2) is 13.6 Å². The summed E-state index contributed by atoms with van der Waals surface area (Å²) in [5, 5.41) is 12.5. The van der Waals surface area contributed by atoms with Gasteiger partial charge in [0.15, 0.2) is 0 Å². The van der Waals surface area contributed by atoms with Gasteiger partial charge in [-0.3, -0.25) is 0 Å². The third-order valence-corrected chi connectivity index (χ3v) is 2.90. The van der Waals surface area contributed by atoms with Gasteiger partial charge < -0.3 is 15.2 Å². The summed E-state index contributed by atoms with van der Waals surface area (Å²) in [5.41, 5.74) is 0.662. The van der Waals surface area contributed by atoms with E-state index in [1.807, 2.05) is 0 Å². The Morgan fingerprint density at radius 2 is 1.86 bits per heavy atom. The zero-order valence-corrected chi connectivity index (χ0v) is 11.2. The van der Waals surface area contributed by atoms with Gasteiger partial charge >= 0.3 is 5.97 Å². The van der Waals surface area contributed by atoms with Gasteiger partial charge in [0.05, 0.1) is 12.7 Å². The molecule has 0 bridgehead atoms. The number of methoxy groups -OCH3 is 1. The summed E-state index contributed by atoms with van der Waals surface area (Å²) in [6, 6.07) is 7.14. The molecular weight excluding hydrogens is 280 g/mol. The van der Waals surface area contributed by atoms with Gasteiger partial charge in [0.2, 0.25) is 0 Å². The number of carbonyl (C=O) groups is 1. The Bertz CT molecular complexity index is 674. The number of anilines is 1. The number of esters is 1. The van der Waals surface area contributed by atoms with Crippen LogP contribution in [0.15, 0.2) is 36.4 Å². The van der Waals surface area contributed by atoms with Crippen LogP contribution in [0, 0.1) is 11.6 Å². The van der Waals surface area contributed by atoms with Crippen molar-refractivity contribution < 1.29 is 23.4 Å². The van der Waals surface area contributed by atoms with Crippen LogP contribution in [0.3, 0.4) is 0 Å². The lowest BCUT2D eigenvalue weighted by atomic mass is 10.1. The molecule has 2 N–H and O–H groups in total. The first-order chi connectivity index (χ1) is 10.0. The summed E-state index contributed by atoms with van der Waals surface area (Å²) in [5.74, 6) is -1.84. The fourth-order valence-corrected chi connectivity index (χ4v) is 1.84. The van der Waals surface area contributed by atoms with Crippen LogP contribution in [0.2, 0.25) is 0 Å². The lowest BCUT2D eigenvalue weighted by Crippen LogP contribution is -2.09. The molecule has 0 aliphatic carbocycles. The number of aromatic hydroxyl groups is 1. The van der Waals surface area contributed by atoms with Crippen molar-refractivity contribution in [3.05, 3.63) is 59.2 Å². The molecule has 0 amide bonds. The highest BCUT2D eigenvalue weighted by molar-refractivity contribution is 5.95. The van der Waals surface area contributed by atoms with Crippen molar-refractivity contribution in [1.82, 2.24) is 0 Å². The van der Waals surface area contributed by atoms with Gasteiger partial charge in [-0.15, -0.1) is 0 Å². The summed E-state index contributed by atoms with van der Waals surface area (Å²) < 4.78 is 30.9. The van der Waals surface area contributed by atoms with Crippen molar-refractivity contribution in [3.63, 3.8) is 0 Å². The number of benzene rings is 2. The largest absolute Gasteiger partial charge is 0.508 e. The lowest BCUT2D eigenvalue weighted by molar-refractivity contribution is 0.0601. The number of halogens is 2. The molecule has 0 fully saturated rings. The molecule has 0 saturated carbocycles. The maximum Gasteiger partial charge on any atom is 0.340 e. The minimum Gasteiger partial charge on any atom is -0.508 e. The van der Waals surface area contributed by atoms with Crippen molar-refractivity contribution in [2.75, 3.05) is 12.4 Å². The first-order valence-corrected chi connectivity index (χ1v) is 6.10. The zero-order valence-electron chi connectivity index (χ0n) is 11.2. The molecule has 0 atom stereocenters. The summed E-state index contributed by atoms with van der Waals surface area (Å²) in [4.78, 5) is 11.6. The van der Waals surface area contributed by atoms with Gasteiger partial charge in [0, 0.05) is 17.8 Å². The summed E-state index contributed by atoms with van der Waals surface area (Å²) >= 11 is 0. The Kier molecular flexibility index (Phi) is 4.37. The van der Waals surface area contributed by atoms with Crippen LogP contribution in [-0.4, -0.2) is 18.2 Å². The van der Waals surface area contributed by atoms with Crippen LogP contribution in [-0.2, 0) is 11.3 Å². The molecule has 0 aromatic heterocycles. The molecule has 2 aromatic carbocycles. The molecule has 0 heterocycles. The van der Waals surface area contributed by atoms with E-state index >= 15 is 0 Å². The van der Waals surface area contributed by atoms with Crippen LogP contribution in [0.4, 0.5) is 14.5 Å². The quantitative estimate of drug-likeness (QED) is 0.851. The molecule has 4 nitrogen and oxygen atoms in total. The van der Waals surface area contributed by atoms with E-state index in [0.717, 1.165) is 12.1 Å². The van der Waals surface area contributed by atoms with Crippen molar-refractivity contribution in [2.45, 2.75) is 6.54 Å². The van der Waals surface area contributed by atoms with Gasteiger partial charge in [-0.05, 0) is 36.4 Å². The Labute approximate surface area is 120 Å². The third kappa shape index (κ3) is 3.47. The minimum absolute atomic E-state index is 0.0217. The monoisotopic (exact) mass is 293 g/mol. The molecule has 0 radical (unpaired) electrons. The smallest absolute Gasteiger partial charge is 0.340 e. The Morgan fingerprint density at radius 1 is 1.19 bits per heavy atom. The van der Waals surface area contributed by atoms with Crippen LogP contribution >= 0.6 is 0 Å². The van der Waals surface area contributed by atoms with Crippen LogP contribution in [0.5, 0.6) is 5.75 Å². The summed E-state index contributed by atoms with van der Waals surface area (Å²) in [6.45, 7) is 0.0687. The number of hydrogen-bond acceptors (Lipinski definition) is 4. The van der Waals surface area contributed by atoms with E-state index in [4.69, 9.17) is 0 Å². The molecule has 6 heteroatoms. The number of phenols is 1. The fourth-order valence-electron chi connectivity index (χ4n) is 1.84. The minimum atomic E-state index is -0.694. The first kappa shape index (κ1) is 14.8. The van der Waals surface area contributed by atoms with E-state index in [9.17, 15) is 18.7 Å². The molecule has 0 unspecified atom stereocenters. The predicted molar refractivity (Wildman–Crippen MR) is 73.1 cm³/mol. The normalized spacial score (nSPS) is 10.2. The van der Waals surface area contributed by atoms with E-state index in [-0.39, 0.29) is 17.9 Å².